The van der Waals surface area contributed by atoms with E-state index in [1.807, 2.05) is 0 Å². The Hall–Kier alpha value is -0.650. The van der Waals surface area contributed by atoms with Crippen LogP contribution in [0.15, 0.2) is 0 Å². The van der Waals surface area contributed by atoms with Gasteiger partial charge in [0.05, 0.1) is 0 Å². The van der Waals surface area contributed by atoms with Gasteiger partial charge in [0.2, 0.25) is 0 Å². The van der Waals surface area contributed by atoms with Crippen LogP contribution in [0, 0.1) is 0 Å². The van der Waals surface area contributed by atoms with E-state index >= 15 is 0 Å². The maximum Gasteiger partial charge on any atom is 0.320 e. The highest BCUT2D eigenvalue weighted by Crippen LogP contribution is 1.80. The Morgan fingerprint density at radius 2 is 2.27 bits per heavy atom. The van der Waals surface area contributed by atoms with Crippen LogP contribution >= 0.6 is 0 Å². The highest BCUT2D eigenvalue weighted by molar-refractivity contribution is 5.72. The number of hydrogen-bond acceptors (Lipinski definition) is 4. The fraction of sp³-hybridized carbons (Fsp3) is 0.833. The van der Waals surface area contributed by atoms with E-state index < -0.39 is 12.0 Å². The van der Waals surface area contributed by atoms with Crippen LogP contribution in [-0.4, -0.2) is 36.2 Å². The summed E-state index contributed by atoms with van der Waals surface area (Å²) >= 11 is 0. The number of rotatable bonds is 5. The second-order valence-electron chi connectivity index (χ2n) is 2.46. The van der Waals surface area contributed by atoms with Gasteiger partial charge in [0.1, 0.15) is 6.04 Å². The second kappa shape index (κ2) is 5.06. The first-order valence-electron chi connectivity index (χ1n) is 3.49. The van der Waals surface area contributed by atoms with Crippen LogP contribution in [-0.2, 0) is 4.79 Å². The van der Waals surface area contributed by atoms with Gasteiger partial charge < -0.3 is 21.9 Å². The molecule has 0 aromatic heterocycles. The summed E-state index contributed by atoms with van der Waals surface area (Å²) < 4.78 is 0. The van der Waals surface area contributed by atoms with Gasteiger partial charge in [0.15, 0.2) is 0 Å². The zero-order valence-electron chi connectivity index (χ0n) is 6.58. The van der Waals surface area contributed by atoms with Gasteiger partial charge in [0, 0.05) is 19.1 Å². The first kappa shape index (κ1) is 10.3. The maximum absolute atomic E-state index is 10.3. The molecule has 66 valence electrons. The summed E-state index contributed by atoms with van der Waals surface area (Å²) in [7, 11) is 0. The largest absolute Gasteiger partial charge is 0.480 e. The molecule has 0 rings (SSSR count). The second-order valence-corrected chi connectivity index (χ2v) is 2.46. The highest BCUT2D eigenvalue weighted by Gasteiger charge is 2.10. The van der Waals surface area contributed by atoms with E-state index in [0.717, 1.165) is 0 Å². The Balaban J connectivity index is 3.45. The predicted octanol–water partition coefficient (Wildman–Crippen LogP) is -1.66. The Morgan fingerprint density at radius 3 is 2.64 bits per heavy atom. The van der Waals surface area contributed by atoms with E-state index in [0.29, 0.717) is 13.1 Å². The van der Waals surface area contributed by atoms with E-state index in [1.54, 1.807) is 6.92 Å². The van der Waals surface area contributed by atoms with Gasteiger partial charge in [0.25, 0.3) is 0 Å². The summed E-state index contributed by atoms with van der Waals surface area (Å²) in [4.78, 5) is 10.3. The van der Waals surface area contributed by atoms with E-state index in [-0.39, 0.29) is 6.04 Å². The van der Waals surface area contributed by atoms with Crippen LogP contribution in [0.25, 0.3) is 0 Å². The SMILES string of the molecule is C[C@H](NC[C@@H](N)CN)C(=O)O. The summed E-state index contributed by atoms with van der Waals surface area (Å²) in [5, 5.41) is 11.2. The van der Waals surface area contributed by atoms with Gasteiger partial charge in [-0.2, -0.15) is 0 Å². The van der Waals surface area contributed by atoms with Gasteiger partial charge >= 0.3 is 5.97 Å². The molecule has 0 saturated heterocycles. The molecule has 0 aliphatic carbocycles. The lowest BCUT2D eigenvalue weighted by Crippen LogP contribution is -2.45. The molecular formula is C6H15N3O2. The van der Waals surface area contributed by atoms with Gasteiger partial charge in [-0.05, 0) is 6.92 Å². The van der Waals surface area contributed by atoms with Crippen LogP contribution < -0.4 is 16.8 Å². The lowest BCUT2D eigenvalue weighted by Gasteiger charge is -2.12. The third-order valence-corrected chi connectivity index (χ3v) is 1.36. The first-order chi connectivity index (χ1) is 5.07. The summed E-state index contributed by atoms with van der Waals surface area (Å²) in [5.41, 5.74) is 10.7. The number of hydrogen-bond donors (Lipinski definition) is 4. The van der Waals surface area contributed by atoms with Gasteiger partial charge in [-0.15, -0.1) is 0 Å². The summed E-state index contributed by atoms with van der Waals surface area (Å²) in [6, 6.07) is -0.732. The van der Waals surface area contributed by atoms with Crippen LogP contribution in [0.3, 0.4) is 0 Å². The third-order valence-electron chi connectivity index (χ3n) is 1.36. The molecule has 0 amide bonds. The van der Waals surface area contributed by atoms with Gasteiger partial charge in [-0.1, -0.05) is 0 Å². The van der Waals surface area contributed by atoms with Crippen molar-refractivity contribution in [3.63, 3.8) is 0 Å². The molecule has 0 aliphatic heterocycles. The first-order valence-corrected chi connectivity index (χ1v) is 3.49. The predicted molar refractivity (Wildman–Crippen MR) is 42.1 cm³/mol. The van der Waals surface area contributed by atoms with Crippen molar-refractivity contribution in [1.82, 2.24) is 5.32 Å². The lowest BCUT2D eigenvalue weighted by molar-refractivity contribution is -0.138. The standard InChI is InChI=1S/C6H15N3O2/c1-4(6(10)11)9-3-5(8)2-7/h4-5,9H,2-3,7-8H2,1H3,(H,10,11)/t4-,5-/m0/s1. The topological polar surface area (TPSA) is 101 Å². The molecule has 5 heteroatoms. The molecule has 2 atom stereocenters. The quantitative estimate of drug-likeness (QED) is 0.386. The minimum Gasteiger partial charge on any atom is -0.480 e. The molecule has 0 spiro atoms. The van der Waals surface area contributed by atoms with Crippen molar-refractivity contribution in [2.45, 2.75) is 19.0 Å². The van der Waals surface area contributed by atoms with E-state index in [4.69, 9.17) is 16.6 Å². The molecule has 0 aliphatic rings. The molecule has 5 nitrogen and oxygen atoms in total. The fourth-order valence-electron chi connectivity index (χ4n) is 0.499. The number of aliphatic carboxylic acids is 1. The monoisotopic (exact) mass is 161 g/mol. The van der Waals surface area contributed by atoms with Crippen LogP contribution in [0.5, 0.6) is 0 Å². The zero-order valence-corrected chi connectivity index (χ0v) is 6.58. The van der Waals surface area contributed by atoms with Crippen molar-refractivity contribution in [1.29, 1.82) is 0 Å². The molecule has 6 N–H and O–H groups in total. The van der Waals surface area contributed by atoms with Crippen molar-refractivity contribution in [2.75, 3.05) is 13.1 Å². The smallest absolute Gasteiger partial charge is 0.320 e. The Morgan fingerprint density at radius 1 is 1.73 bits per heavy atom. The van der Waals surface area contributed by atoms with Gasteiger partial charge in [-0.3, -0.25) is 4.79 Å². The maximum atomic E-state index is 10.3. The number of carbonyl (C=O) groups is 1. The summed E-state index contributed by atoms with van der Waals surface area (Å²) in [6.07, 6.45) is 0. The molecular weight excluding hydrogens is 146 g/mol. The number of carboxylic acid groups (broad SMARTS) is 1. The average molecular weight is 161 g/mol. The van der Waals surface area contributed by atoms with Crippen molar-refractivity contribution >= 4 is 5.97 Å². The van der Waals surface area contributed by atoms with Crippen molar-refractivity contribution in [3.05, 3.63) is 0 Å². The van der Waals surface area contributed by atoms with Crippen LogP contribution in [0.1, 0.15) is 6.92 Å². The Kier molecular flexibility index (Phi) is 4.76. The fourth-order valence-corrected chi connectivity index (χ4v) is 0.499. The summed E-state index contributed by atoms with van der Waals surface area (Å²) in [6.45, 7) is 2.36. The molecule has 0 aromatic carbocycles. The van der Waals surface area contributed by atoms with Crippen molar-refractivity contribution < 1.29 is 9.90 Å². The molecule has 0 fully saturated rings. The molecule has 0 heterocycles. The average Bonchev–Trinajstić information content (AvgIpc) is 1.99. The van der Waals surface area contributed by atoms with Crippen molar-refractivity contribution in [2.24, 2.45) is 11.5 Å². The van der Waals surface area contributed by atoms with Gasteiger partial charge in [-0.25, -0.2) is 0 Å². The molecule has 0 saturated carbocycles. The summed E-state index contributed by atoms with van der Waals surface area (Å²) in [5.74, 6) is -0.880. The van der Waals surface area contributed by atoms with Crippen molar-refractivity contribution in [3.8, 4) is 0 Å². The molecule has 0 unspecified atom stereocenters. The number of nitrogens with two attached hydrogens (primary N) is 2. The minimum atomic E-state index is -0.880. The normalized spacial score (nSPS) is 15.9. The van der Waals surface area contributed by atoms with E-state index in [9.17, 15) is 4.79 Å². The Labute approximate surface area is 65.7 Å². The molecule has 11 heavy (non-hydrogen) atoms. The lowest BCUT2D eigenvalue weighted by atomic mass is 10.3. The van der Waals surface area contributed by atoms with E-state index in [2.05, 4.69) is 5.32 Å². The van der Waals surface area contributed by atoms with Crippen LogP contribution in [0.4, 0.5) is 0 Å². The molecule has 0 radical (unpaired) electrons. The number of carboxylic acids is 1. The zero-order chi connectivity index (χ0) is 8.85. The minimum absolute atomic E-state index is 0.170. The molecule has 0 bridgehead atoms. The third kappa shape index (κ3) is 4.72. The molecule has 0 aromatic rings. The van der Waals surface area contributed by atoms with Crippen LogP contribution in [0.2, 0.25) is 0 Å². The Bertz CT molecular complexity index is 129. The van der Waals surface area contributed by atoms with E-state index in [1.165, 1.54) is 0 Å². The number of nitrogens with one attached hydrogen (secondary N) is 1. The highest BCUT2D eigenvalue weighted by atomic mass is 16.4.